The zero-order valence-corrected chi connectivity index (χ0v) is 9.12. The van der Waals surface area contributed by atoms with Crippen molar-refractivity contribution in [3.8, 4) is 0 Å². The van der Waals surface area contributed by atoms with Crippen molar-refractivity contribution in [2.24, 2.45) is 0 Å². The molecule has 0 atom stereocenters. The summed E-state index contributed by atoms with van der Waals surface area (Å²) in [5, 5.41) is -0.0138. The molecular formula is C8H5BrF5NO. The van der Waals surface area contributed by atoms with E-state index in [0.29, 0.717) is 6.07 Å². The van der Waals surface area contributed by atoms with Gasteiger partial charge in [-0.05, 0) is 0 Å². The van der Waals surface area contributed by atoms with Gasteiger partial charge in [0, 0.05) is 17.1 Å². The second-order valence-corrected chi connectivity index (χ2v) is 3.44. The van der Waals surface area contributed by atoms with Crippen LogP contribution >= 0.6 is 15.9 Å². The standard InChI is InChI=1S/C8H5BrF5NO/c9-2-3-1-4(16)5(8(12,13)14)6(15-3)7(10)11/h1,7H,2H2,(H,15,16). The lowest BCUT2D eigenvalue weighted by Gasteiger charge is -2.12. The molecule has 1 N–H and O–H groups in total. The zero-order chi connectivity index (χ0) is 12.5. The molecule has 16 heavy (non-hydrogen) atoms. The summed E-state index contributed by atoms with van der Waals surface area (Å²) in [4.78, 5) is 13.0. The molecule has 0 aliphatic carbocycles. The van der Waals surface area contributed by atoms with Gasteiger partial charge in [0.25, 0.3) is 6.43 Å². The lowest BCUT2D eigenvalue weighted by atomic mass is 10.1. The minimum absolute atomic E-state index is 0.0138. The molecule has 1 heterocycles. The molecule has 1 aromatic rings. The minimum Gasteiger partial charge on any atom is -0.356 e. The third-order valence-corrected chi connectivity index (χ3v) is 2.37. The monoisotopic (exact) mass is 305 g/mol. The number of alkyl halides is 6. The van der Waals surface area contributed by atoms with E-state index >= 15 is 0 Å². The molecule has 0 aliphatic heterocycles. The third-order valence-electron chi connectivity index (χ3n) is 1.76. The van der Waals surface area contributed by atoms with E-state index in [4.69, 9.17) is 0 Å². The first-order valence-corrected chi connectivity index (χ1v) is 5.07. The van der Waals surface area contributed by atoms with Crippen molar-refractivity contribution in [2.45, 2.75) is 17.9 Å². The molecule has 0 spiro atoms. The fraction of sp³-hybridized carbons (Fsp3) is 0.375. The van der Waals surface area contributed by atoms with Crippen LogP contribution < -0.4 is 5.43 Å². The summed E-state index contributed by atoms with van der Waals surface area (Å²) in [6.45, 7) is 0. The van der Waals surface area contributed by atoms with Crippen molar-refractivity contribution in [2.75, 3.05) is 0 Å². The predicted octanol–water partition coefficient (Wildman–Crippen LogP) is 3.23. The Hall–Kier alpha value is -0.920. The Morgan fingerprint density at radius 2 is 1.94 bits per heavy atom. The number of aromatic amines is 1. The zero-order valence-electron chi connectivity index (χ0n) is 7.54. The normalized spacial score (nSPS) is 12.2. The van der Waals surface area contributed by atoms with Crippen molar-refractivity contribution < 1.29 is 22.0 Å². The number of halogens is 6. The van der Waals surface area contributed by atoms with Gasteiger partial charge in [-0.3, -0.25) is 4.79 Å². The van der Waals surface area contributed by atoms with E-state index in [9.17, 15) is 26.7 Å². The fourth-order valence-corrected chi connectivity index (χ4v) is 1.46. The number of pyridine rings is 1. The van der Waals surface area contributed by atoms with Gasteiger partial charge in [0.05, 0.1) is 5.69 Å². The first kappa shape index (κ1) is 13.1. The van der Waals surface area contributed by atoms with Crippen LogP contribution in [0.15, 0.2) is 10.9 Å². The van der Waals surface area contributed by atoms with Crippen LogP contribution in [0, 0.1) is 0 Å². The Morgan fingerprint density at radius 3 is 2.31 bits per heavy atom. The molecule has 0 saturated heterocycles. The number of hydrogen-bond donors (Lipinski definition) is 1. The van der Waals surface area contributed by atoms with Crippen molar-refractivity contribution in [3.05, 3.63) is 33.2 Å². The molecule has 90 valence electrons. The lowest BCUT2D eigenvalue weighted by molar-refractivity contribution is -0.140. The fourth-order valence-electron chi connectivity index (χ4n) is 1.16. The van der Waals surface area contributed by atoms with Crippen LogP contribution in [0.2, 0.25) is 0 Å². The molecule has 0 aliphatic rings. The number of hydrogen-bond acceptors (Lipinski definition) is 1. The summed E-state index contributed by atoms with van der Waals surface area (Å²) in [6.07, 6.45) is -8.48. The molecule has 0 aromatic carbocycles. The molecule has 0 radical (unpaired) electrons. The van der Waals surface area contributed by atoms with Crippen molar-refractivity contribution in [3.63, 3.8) is 0 Å². The van der Waals surface area contributed by atoms with E-state index in [2.05, 4.69) is 15.9 Å². The first-order valence-electron chi connectivity index (χ1n) is 3.94. The molecule has 0 unspecified atom stereocenters. The third kappa shape index (κ3) is 2.60. The Balaban J connectivity index is 3.53. The maximum Gasteiger partial charge on any atom is 0.422 e. The molecular weight excluding hydrogens is 301 g/mol. The Bertz CT molecular complexity index is 439. The Labute approximate surface area is 94.6 Å². The highest BCUT2D eigenvalue weighted by atomic mass is 79.9. The highest BCUT2D eigenvalue weighted by molar-refractivity contribution is 9.08. The van der Waals surface area contributed by atoms with Crippen molar-refractivity contribution in [1.82, 2.24) is 4.98 Å². The molecule has 0 saturated carbocycles. The summed E-state index contributed by atoms with van der Waals surface area (Å²) in [6, 6.07) is 0.642. The summed E-state index contributed by atoms with van der Waals surface area (Å²) in [5.74, 6) is 0. The Kier molecular flexibility index (Phi) is 3.72. The maximum atomic E-state index is 12.4. The maximum absolute atomic E-state index is 12.4. The average molecular weight is 306 g/mol. The van der Waals surface area contributed by atoms with Crippen LogP contribution in [0.3, 0.4) is 0 Å². The van der Waals surface area contributed by atoms with Crippen molar-refractivity contribution >= 4 is 15.9 Å². The molecule has 1 rings (SSSR count). The number of aromatic nitrogens is 1. The van der Waals surface area contributed by atoms with E-state index in [1.807, 2.05) is 4.98 Å². The van der Waals surface area contributed by atoms with Gasteiger partial charge in [-0.2, -0.15) is 13.2 Å². The first-order chi connectivity index (χ1) is 7.27. The number of rotatable bonds is 2. The van der Waals surface area contributed by atoms with Gasteiger partial charge < -0.3 is 4.98 Å². The smallest absolute Gasteiger partial charge is 0.356 e. The van der Waals surface area contributed by atoms with Crippen LogP contribution in [0.1, 0.15) is 23.4 Å². The van der Waals surface area contributed by atoms with Crippen LogP contribution in [-0.2, 0) is 11.5 Å². The van der Waals surface area contributed by atoms with E-state index in [1.54, 1.807) is 0 Å². The van der Waals surface area contributed by atoms with Gasteiger partial charge in [-0.15, -0.1) is 0 Å². The second-order valence-electron chi connectivity index (χ2n) is 2.88. The van der Waals surface area contributed by atoms with Crippen LogP contribution in [0.4, 0.5) is 22.0 Å². The topological polar surface area (TPSA) is 32.9 Å². The van der Waals surface area contributed by atoms with Gasteiger partial charge in [0.15, 0.2) is 5.43 Å². The molecule has 1 aromatic heterocycles. The van der Waals surface area contributed by atoms with Gasteiger partial charge in [-0.1, -0.05) is 15.9 Å². The molecule has 0 bridgehead atoms. The van der Waals surface area contributed by atoms with Gasteiger partial charge >= 0.3 is 6.18 Å². The van der Waals surface area contributed by atoms with E-state index in [0.717, 1.165) is 0 Å². The van der Waals surface area contributed by atoms with Gasteiger partial charge in [0.1, 0.15) is 5.56 Å². The highest BCUT2D eigenvalue weighted by Crippen LogP contribution is 2.33. The molecule has 0 amide bonds. The largest absolute Gasteiger partial charge is 0.422 e. The van der Waals surface area contributed by atoms with Gasteiger partial charge in [0.2, 0.25) is 0 Å². The van der Waals surface area contributed by atoms with E-state index in [-0.39, 0.29) is 11.0 Å². The minimum atomic E-state index is -5.09. The van der Waals surface area contributed by atoms with Crippen LogP contribution in [0.5, 0.6) is 0 Å². The number of nitrogens with one attached hydrogen (secondary N) is 1. The predicted molar refractivity (Wildman–Crippen MR) is 49.7 cm³/mol. The molecule has 2 nitrogen and oxygen atoms in total. The van der Waals surface area contributed by atoms with Crippen molar-refractivity contribution in [1.29, 1.82) is 0 Å². The quantitative estimate of drug-likeness (QED) is 0.660. The van der Waals surface area contributed by atoms with E-state index in [1.165, 1.54) is 0 Å². The molecule has 0 fully saturated rings. The lowest BCUT2D eigenvalue weighted by Crippen LogP contribution is -2.24. The number of H-pyrrole nitrogens is 1. The average Bonchev–Trinajstić information content (AvgIpc) is 2.14. The molecule has 8 heteroatoms. The SMILES string of the molecule is O=c1cc(CBr)[nH]c(C(F)F)c1C(F)(F)F. The summed E-state index contributed by atoms with van der Waals surface area (Å²) < 4.78 is 61.8. The van der Waals surface area contributed by atoms with Crippen LogP contribution in [-0.4, -0.2) is 4.98 Å². The van der Waals surface area contributed by atoms with E-state index < -0.39 is 29.3 Å². The highest BCUT2D eigenvalue weighted by Gasteiger charge is 2.39. The second kappa shape index (κ2) is 4.52. The Morgan fingerprint density at radius 1 is 1.38 bits per heavy atom. The van der Waals surface area contributed by atoms with Crippen LogP contribution in [0.25, 0.3) is 0 Å². The summed E-state index contributed by atoms with van der Waals surface area (Å²) in [5.41, 5.74) is -4.73. The summed E-state index contributed by atoms with van der Waals surface area (Å²) >= 11 is 2.85. The summed E-state index contributed by atoms with van der Waals surface area (Å²) in [7, 11) is 0. The van der Waals surface area contributed by atoms with Gasteiger partial charge in [-0.25, -0.2) is 8.78 Å².